The minimum atomic E-state index is -0.265. The molecule has 19 heavy (non-hydrogen) atoms. The molecule has 0 heterocycles. The lowest BCUT2D eigenvalue weighted by molar-refractivity contribution is -0.125. The molecule has 0 atom stereocenters. The van der Waals surface area contributed by atoms with Gasteiger partial charge in [-0.3, -0.25) is 14.5 Å². The fourth-order valence-corrected chi connectivity index (χ4v) is 2.46. The number of anilines is 1. The summed E-state index contributed by atoms with van der Waals surface area (Å²) in [7, 11) is 0. The van der Waals surface area contributed by atoms with Crippen LogP contribution in [0.3, 0.4) is 0 Å². The van der Waals surface area contributed by atoms with Crippen LogP contribution in [-0.2, 0) is 22.4 Å². The molecule has 0 aromatic heterocycles. The zero-order valence-corrected chi connectivity index (χ0v) is 12.7. The van der Waals surface area contributed by atoms with E-state index in [1.54, 1.807) is 6.92 Å². The topological polar surface area (TPSA) is 37.4 Å². The smallest absolute Gasteiger partial charge is 0.233 e. The number of rotatable bonds is 4. The first-order chi connectivity index (χ1) is 8.97. The van der Waals surface area contributed by atoms with Crippen LogP contribution in [0.15, 0.2) is 12.1 Å². The summed E-state index contributed by atoms with van der Waals surface area (Å²) >= 11 is 6.21. The van der Waals surface area contributed by atoms with Crippen molar-refractivity contribution in [2.45, 2.75) is 47.0 Å². The average molecular weight is 282 g/mol. The first-order valence-electron chi connectivity index (χ1n) is 6.61. The van der Waals surface area contributed by atoms with Gasteiger partial charge in [0.15, 0.2) is 0 Å². The van der Waals surface area contributed by atoms with Crippen molar-refractivity contribution in [3.63, 3.8) is 0 Å². The Morgan fingerprint density at radius 1 is 1.16 bits per heavy atom. The van der Waals surface area contributed by atoms with Crippen LogP contribution in [0, 0.1) is 0 Å². The second kappa shape index (κ2) is 6.71. The number of carbonyl (C=O) groups excluding carboxylic acids is 2. The summed E-state index contributed by atoms with van der Waals surface area (Å²) in [4.78, 5) is 25.2. The summed E-state index contributed by atoms with van der Waals surface area (Å²) in [5.41, 5.74) is 2.51. The van der Waals surface area contributed by atoms with Gasteiger partial charge >= 0.3 is 0 Å². The summed E-state index contributed by atoms with van der Waals surface area (Å²) in [6.45, 7) is 7.13. The van der Waals surface area contributed by atoms with Crippen molar-refractivity contribution >= 4 is 29.1 Å². The van der Waals surface area contributed by atoms with E-state index in [2.05, 4.69) is 0 Å². The quantitative estimate of drug-likeness (QED) is 0.843. The summed E-state index contributed by atoms with van der Waals surface area (Å²) in [5, 5.41) is 0.602. The van der Waals surface area contributed by atoms with Gasteiger partial charge in [-0.1, -0.05) is 38.4 Å². The Morgan fingerprint density at radius 3 is 2.21 bits per heavy atom. The Hall–Kier alpha value is -1.35. The van der Waals surface area contributed by atoms with Crippen molar-refractivity contribution in [3.8, 4) is 0 Å². The van der Waals surface area contributed by atoms with Gasteiger partial charge < -0.3 is 0 Å². The van der Waals surface area contributed by atoms with Crippen LogP contribution in [0.2, 0.25) is 5.02 Å². The van der Waals surface area contributed by atoms with Gasteiger partial charge in [0, 0.05) is 18.4 Å². The van der Waals surface area contributed by atoms with E-state index in [0.717, 1.165) is 17.5 Å². The number of amides is 2. The summed E-state index contributed by atoms with van der Waals surface area (Å²) in [5.74, 6) is -0.460. The molecule has 0 aliphatic carbocycles. The van der Waals surface area contributed by atoms with E-state index in [0.29, 0.717) is 23.6 Å². The monoisotopic (exact) mass is 281 g/mol. The number of halogens is 1. The van der Waals surface area contributed by atoms with E-state index in [1.165, 1.54) is 11.8 Å². The minimum absolute atomic E-state index is 0.195. The highest BCUT2D eigenvalue weighted by Crippen LogP contribution is 2.33. The molecule has 104 valence electrons. The number of aryl methyl sites for hydroxylation is 1. The Balaban J connectivity index is 3.55. The van der Waals surface area contributed by atoms with Crippen molar-refractivity contribution in [1.82, 2.24) is 0 Å². The molecule has 1 aromatic rings. The Labute approximate surface area is 119 Å². The van der Waals surface area contributed by atoms with Crippen molar-refractivity contribution in [2.24, 2.45) is 0 Å². The zero-order valence-electron chi connectivity index (χ0n) is 11.9. The van der Waals surface area contributed by atoms with Gasteiger partial charge in [0.25, 0.3) is 0 Å². The maximum atomic E-state index is 12.1. The van der Waals surface area contributed by atoms with Crippen LogP contribution in [0.1, 0.15) is 45.2 Å². The molecule has 0 saturated heterocycles. The first-order valence-corrected chi connectivity index (χ1v) is 6.99. The van der Waals surface area contributed by atoms with Crippen LogP contribution in [0.4, 0.5) is 5.69 Å². The van der Waals surface area contributed by atoms with E-state index in [4.69, 9.17) is 11.6 Å². The van der Waals surface area contributed by atoms with Gasteiger partial charge in [0.1, 0.15) is 0 Å². The molecular weight excluding hydrogens is 262 g/mol. The molecular formula is C15H20ClNO2. The lowest BCUT2D eigenvalue weighted by atomic mass is 10.0. The van der Waals surface area contributed by atoms with Crippen LogP contribution in [0.5, 0.6) is 0 Å². The number of hydrogen-bond acceptors (Lipinski definition) is 2. The molecule has 0 aliphatic heterocycles. The third kappa shape index (κ3) is 3.16. The fraction of sp³-hybridized carbons (Fsp3) is 0.467. The van der Waals surface area contributed by atoms with Crippen LogP contribution >= 0.6 is 11.6 Å². The Bertz CT molecular complexity index is 497. The van der Waals surface area contributed by atoms with Gasteiger partial charge in [-0.05, 0) is 30.0 Å². The third-order valence-electron chi connectivity index (χ3n) is 3.13. The summed E-state index contributed by atoms with van der Waals surface area (Å²) < 4.78 is 0. The molecule has 0 aliphatic rings. The van der Waals surface area contributed by atoms with Crippen molar-refractivity contribution in [1.29, 1.82) is 0 Å². The lowest BCUT2D eigenvalue weighted by Gasteiger charge is -2.25. The van der Waals surface area contributed by atoms with Gasteiger partial charge in [-0.25, -0.2) is 0 Å². The molecule has 0 fully saturated rings. The van der Waals surface area contributed by atoms with Crippen molar-refractivity contribution < 1.29 is 9.59 Å². The van der Waals surface area contributed by atoms with Gasteiger partial charge in [0.05, 0.1) is 5.69 Å². The highest BCUT2D eigenvalue weighted by molar-refractivity contribution is 6.32. The molecule has 0 N–H and O–H groups in total. The number of imide groups is 1. The second-order valence-electron chi connectivity index (χ2n) is 4.34. The lowest BCUT2D eigenvalue weighted by Crippen LogP contribution is -2.36. The molecule has 0 unspecified atom stereocenters. The number of hydrogen-bond donors (Lipinski definition) is 0. The Morgan fingerprint density at radius 2 is 1.79 bits per heavy atom. The van der Waals surface area contributed by atoms with Crippen LogP contribution in [0.25, 0.3) is 0 Å². The molecule has 0 spiro atoms. The van der Waals surface area contributed by atoms with Crippen LogP contribution < -0.4 is 4.90 Å². The van der Waals surface area contributed by atoms with Crippen molar-refractivity contribution in [2.75, 3.05) is 4.90 Å². The molecule has 4 heteroatoms. The van der Waals surface area contributed by atoms with Crippen LogP contribution in [-0.4, -0.2) is 11.8 Å². The standard InChI is InChI=1S/C15H20ClNO2/c1-5-11-8-9-13(16)12(6-2)15(11)17(10(4)18)14(19)7-3/h8-9H,5-7H2,1-4H3. The SMILES string of the molecule is CCC(=O)N(C(C)=O)c1c(CC)ccc(Cl)c1CC. The highest BCUT2D eigenvalue weighted by Gasteiger charge is 2.24. The van der Waals surface area contributed by atoms with Gasteiger partial charge in [-0.15, -0.1) is 0 Å². The number of carbonyl (C=O) groups is 2. The van der Waals surface area contributed by atoms with E-state index < -0.39 is 0 Å². The molecule has 1 aromatic carbocycles. The molecule has 0 radical (unpaired) electrons. The minimum Gasteiger partial charge on any atom is -0.274 e. The summed E-state index contributed by atoms with van der Waals surface area (Å²) in [6, 6.07) is 3.72. The largest absolute Gasteiger partial charge is 0.274 e. The second-order valence-corrected chi connectivity index (χ2v) is 4.75. The first kappa shape index (κ1) is 15.7. The van der Waals surface area contributed by atoms with E-state index in [-0.39, 0.29) is 11.8 Å². The van der Waals surface area contributed by atoms with E-state index >= 15 is 0 Å². The maximum absolute atomic E-state index is 12.1. The zero-order chi connectivity index (χ0) is 14.6. The molecule has 1 rings (SSSR count). The molecule has 0 bridgehead atoms. The average Bonchev–Trinajstić information content (AvgIpc) is 2.38. The van der Waals surface area contributed by atoms with E-state index in [9.17, 15) is 9.59 Å². The molecule has 0 saturated carbocycles. The normalized spacial score (nSPS) is 10.4. The predicted molar refractivity (Wildman–Crippen MR) is 78.7 cm³/mol. The fourth-order valence-electron chi connectivity index (χ4n) is 2.18. The predicted octanol–water partition coefficient (Wildman–Crippen LogP) is 3.75. The highest BCUT2D eigenvalue weighted by atomic mass is 35.5. The molecule has 3 nitrogen and oxygen atoms in total. The third-order valence-corrected chi connectivity index (χ3v) is 3.49. The number of benzene rings is 1. The van der Waals surface area contributed by atoms with Gasteiger partial charge in [0.2, 0.25) is 11.8 Å². The Kier molecular flexibility index (Phi) is 5.55. The number of nitrogens with zero attached hydrogens (tertiary/aromatic N) is 1. The summed E-state index contributed by atoms with van der Waals surface area (Å²) in [6.07, 6.45) is 1.72. The van der Waals surface area contributed by atoms with Crippen molar-refractivity contribution in [3.05, 3.63) is 28.3 Å². The van der Waals surface area contributed by atoms with E-state index in [1.807, 2.05) is 26.0 Å². The maximum Gasteiger partial charge on any atom is 0.233 e. The van der Waals surface area contributed by atoms with Gasteiger partial charge in [-0.2, -0.15) is 0 Å². The molecule has 2 amide bonds.